The molecule has 2 aromatic carbocycles. The highest BCUT2D eigenvalue weighted by Crippen LogP contribution is 2.23. The van der Waals surface area contributed by atoms with Crippen molar-refractivity contribution in [2.45, 2.75) is 26.2 Å². The van der Waals surface area contributed by atoms with Gasteiger partial charge < -0.3 is 10.2 Å². The van der Waals surface area contributed by atoms with Crippen molar-refractivity contribution in [3.63, 3.8) is 0 Å². The van der Waals surface area contributed by atoms with Crippen LogP contribution in [-0.4, -0.2) is 29.8 Å². The number of hydrogen-bond acceptors (Lipinski definition) is 2. The summed E-state index contributed by atoms with van der Waals surface area (Å²) in [6.07, 6.45) is 2.47. The quantitative estimate of drug-likeness (QED) is 0.867. The number of carbonyl (C=O) groups excluding carboxylic acids is 2. The fourth-order valence-corrected chi connectivity index (χ4v) is 3.56. The summed E-state index contributed by atoms with van der Waals surface area (Å²) in [6, 6.07) is 14.8. The summed E-state index contributed by atoms with van der Waals surface area (Å²) in [7, 11) is 0. The predicted octanol–water partition coefficient (Wildman–Crippen LogP) is 4.39. The molecule has 0 radical (unpaired) electrons. The van der Waals surface area contributed by atoms with Gasteiger partial charge in [0.1, 0.15) is 0 Å². The van der Waals surface area contributed by atoms with Crippen molar-refractivity contribution >= 4 is 29.1 Å². The first-order valence-electron chi connectivity index (χ1n) is 9.02. The van der Waals surface area contributed by atoms with Crippen molar-refractivity contribution < 1.29 is 9.59 Å². The molecule has 5 heteroatoms. The number of nitrogens with zero attached hydrogens (tertiary/aromatic N) is 1. The lowest BCUT2D eigenvalue weighted by Crippen LogP contribution is -2.43. The van der Waals surface area contributed by atoms with Gasteiger partial charge in [0.25, 0.3) is 5.91 Å². The van der Waals surface area contributed by atoms with Crippen molar-refractivity contribution in [3.8, 4) is 0 Å². The second kappa shape index (κ2) is 8.37. The Bertz CT molecular complexity index is 806. The van der Waals surface area contributed by atoms with Crippen molar-refractivity contribution in [1.82, 2.24) is 4.90 Å². The average molecular weight is 371 g/mol. The topological polar surface area (TPSA) is 49.4 Å². The number of nitrogens with one attached hydrogen (secondary N) is 1. The molecule has 0 saturated carbocycles. The Hall–Kier alpha value is -2.33. The van der Waals surface area contributed by atoms with E-state index in [-0.39, 0.29) is 17.7 Å². The van der Waals surface area contributed by atoms with Gasteiger partial charge in [-0.3, -0.25) is 9.59 Å². The van der Waals surface area contributed by atoms with E-state index in [9.17, 15) is 9.59 Å². The maximum Gasteiger partial charge on any atom is 0.253 e. The largest absolute Gasteiger partial charge is 0.338 e. The van der Waals surface area contributed by atoms with Crippen LogP contribution in [-0.2, 0) is 11.2 Å². The van der Waals surface area contributed by atoms with E-state index in [1.165, 1.54) is 0 Å². The zero-order valence-electron chi connectivity index (χ0n) is 14.9. The van der Waals surface area contributed by atoms with Crippen LogP contribution < -0.4 is 5.32 Å². The van der Waals surface area contributed by atoms with Crippen LogP contribution in [0.15, 0.2) is 48.5 Å². The molecule has 0 aliphatic carbocycles. The maximum atomic E-state index is 12.7. The molecule has 3 rings (SSSR count). The lowest BCUT2D eigenvalue weighted by Gasteiger charge is -2.32. The number of amides is 2. The van der Waals surface area contributed by atoms with Crippen LogP contribution in [0.2, 0.25) is 5.02 Å². The maximum absolute atomic E-state index is 12.7. The zero-order chi connectivity index (χ0) is 18.5. The van der Waals surface area contributed by atoms with Gasteiger partial charge in [0, 0.05) is 29.4 Å². The Morgan fingerprint density at radius 1 is 1.19 bits per heavy atom. The van der Waals surface area contributed by atoms with E-state index in [0.717, 1.165) is 30.5 Å². The fraction of sp³-hybridized carbons (Fsp3) is 0.333. The van der Waals surface area contributed by atoms with E-state index in [1.54, 1.807) is 29.2 Å². The van der Waals surface area contributed by atoms with E-state index in [1.807, 2.05) is 24.3 Å². The van der Waals surface area contributed by atoms with Gasteiger partial charge in [-0.25, -0.2) is 0 Å². The molecular weight excluding hydrogens is 348 g/mol. The molecule has 2 amide bonds. The molecule has 0 unspecified atom stereocenters. The molecule has 4 nitrogen and oxygen atoms in total. The highest BCUT2D eigenvalue weighted by atomic mass is 35.5. The Morgan fingerprint density at radius 3 is 2.77 bits per heavy atom. The lowest BCUT2D eigenvalue weighted by molar-refractivity contribution is -0.121. The standard InChI is InChI=1S/C21H23ClN2O2/c1-2-15-7-3-4-11-19(15)23-20(25)17-9-6-12-24(14-17)21(26)16-8-5-10-18(22)13-16/h3-5,7-8,10-11,13,17H,2,6,9,12,14H2,1H3,(H,23,25)/t17-/m1/s1. The molecule has 2 aromatic rings. The molecule has 1 fully saturated rings. The average Bonchev–Trinajstić information content (AvgIpc) is 2.68. The Morgan fingerprint density at radius 2 is 2.00 bits per heavy atom. The number of likely N-dealkylation sites (tertiary alicyclic amines) is 1. The third-order valence-corrected chi connectivity index (χ3v) is 5.04. The number of hydrogen-bond donors (Lipinski definition) is 1. The molecule has 1 heterocycles. The molecule has 1 aliphatic heterocycles. The molecular formula is C21H23ClN2O2. The van der Waals surface area contributed by atoms with Crippen LogP contribution in [0.3, 0.4) is 0 Å². The SMILES string of the molecule is CCc1ccccc1NC(=O)[C@@H]1CCCN(C(=O)c2cccc(Cl)c2)C1. The minimum atomic E-state index is -0.197. The highest BCUT2D eigenvalue weighted by molar-refractivity contribution is 6.30. The molecule has 0 aromatic heterocycles. The van der Waals surface area contributed by atoms with Gasteiger partial charge in [0.15, 0.2) is 0 Å². The summed E-state index contributed by atoms with van der Waals surface area (Å²) in [6.45, 7) is 3.17. The van der Waals surface area contributed by atoms with Crippen LogP contribution in [0.4, 0.5) is 5.69 Å². The van der Waals surface area contributed by atoms with Gasteiger partial charge in [-0.15, -0.1) is 0 Å². The smallest absolute Gasteiger partial charge is 0.253 e. The highest BCUT2D eigenvalue weighted by Gasteiger charge is 2.29. The Labute approximate surface area is 159 Å². The second-order valence-corrected chi connectivity index (χ2v) is 7.04. The van der Waals surface area contributed by atoms with Crippen LogP contribution in [0.25, 0.3) is 0 Å². The summed E-state index contributed by atoms with van der Waals surface area (Å²) in [5, 5.41) is 3.58. The first-order chi connectivity index (χ1) is 12.6. The molecule has 26 heavy (non-hydrogen) atoms. The number of piperidine rings is 1. The van der Waals surface area contributed by atoms with Crippen molar-refractivity contribution in [2.24, 2.45) is 5.92 Å². The lowest BCUT2D eigenvalue weighted by atomic mass is 9.96. The molecule has 1 aliphatic rings. The third kappa shape index (κ3) is 4.25. The van der Waals surface area contributed by atoms with Gasteiger partial charge in [0.05, 0.1) is 5.92 Å². The molecule has 136 valence electrons. The predicted molar refractivity (Wildman–Crippen MR) is 105 cm³/mol. The number of para-hydroxylation sites is 1. The number of anilines is 1. The van der Waals surface area contributed by atoms with E-state index >= 15 is 0 Å². The summed E-state index contributed by atoms with van der Waals surface area (Å²) in [5.74, 6) is -0.287. The Balaban J connectivity index is 1.68. The number of benzene rings is 2. The van der Waals surface area contributed by atoms with E-state index in [2.05, 4.69) is 12.2 Å². The van der Waals surface area contributed by atoms with Gasteiger partial charge in [-0.2, -0.15) is 0 Å². The second-order valence-electron chi connectivity index (χ2n) is 6.60. The minimum Gasteiger partial charge on any atom is -0.338 e. The van der Waals surface area contributed by atoms with E-state index < -0.39 is 0 Å². The minimum absolute atomic E-state index is 0.0190. The summed E-state index contributed by atoms with van der Waals surface area (Å²) in [4.78, 5) is 27.2. The molecule has 1 saturated heterocycles. The fourth-order valence-electron chi connectivity index (χ4n) is 3.37. The number of halogens is 1. The van der Waals surface area contributed by atoms with Crippen molar-refractivity contribution in [2.75, 3.05) is 18.4 Å². The normalized spacial score (nSPS) is 17.0. The Kier molecular flexibility index (Phi) is 5.94. The van der Waals surface area contributed by atoms with Crippen LogP contribution >= 0.6 is 11.6 Å². The number of aryl methyl sites for hydroxylation is 1. The van der Waals surface area contributed by atoms with Crippen LogP contribution in [0, 0.1) is 5.92 Å². The van der Waals surface area contributed by atoms with Gasteiger partial charge in [0.2, 0.25) is 5.91 Å². The van der Waals surface area contributed by atoms with Crippen molar-refractivity contribution in [3.05, 3.63) is 64.7 Å². The monoisotopic (exact) mass is 370 g/mol. The first kappa shape index (κ1) is 18.5. The molecule has 0 bridgehead atoms. The number of rotatable bonds is 4. The summed E-state index contributed by atoms with van der Waals surface area (Å²) >= 11 is 5.99. The number of carbonyl (C=O) groups is 2. The van der Waals surface area contributed by atoms with Crippen LogP contribution in [0.1, 0.15) is 35.7 Å². The first-order valence-corrected chi connectivity index (χ1v) is 9.40. The van der Waals surface area contributed by atoms with Gasteiger partial charge >= 0.3 is 0 Å². The van der Waals surface area contributed by atoms with Gasteiger partial charge in [-0.05, 0) is 49.1 Å². The molecule has 0 spiro atoms. The molecule has 1 atom stereocenters. The van der Waals surface area contributed by atoms with Crippen LogP contribution in [0.5, 0.6) is 0 Å². The van der Waals surface area contributed by atoms with E-state index in [0.29, 0.717) is 23.7 Å². The summed E-state index contributed by atoms with van der Waals surface area (Å²) < 4.78 is 0. The molecule has 1 N–H and O–H groups in total. The summed E-state index contributed by atoms with van der Waals surface area (Å²) in [5.41, 5.74) is 2.54. The van der Waals surface area contributed by atoms with E-state index in [4.69, 9.17) is 11.6 Å². The zero-order valence-corrected chi connectivity index (χ0v) is 15.6. The van der Waals surface area contributed by atoms with Gasteiger partial charge in [-0.1, -0.05) is 42.8 Å². The van der Waals surface area contributed by atoms with Crippen molar-refractivity contribution in [1.29, 1.82) is 0 Å². The third-order valence-electron chi connectivity index (χ3n) is 4.81.